The normalized spacial score (nSPS) is 8.76. The molecular weight excluding hydrogens is 275 g/mol. The maximum absolute atomic E-state index is 11.2. The third-order valence-electron chi connectivity index (χ3n) is 2.08. The molecule has 0 aliphatic heterocycles. The molecule has 0 radical (unpaired) electrons. The molecular formula is C14H15ClFeO-6. The van der Waals surface area contributed by atoms with E-state index in [1.165, 1.54) is 0 Å². The Balaban J connectivity index is 0.000000360. The van der Waals surface area contributed by atoms with Gasteiger partial charge in [0.2, 0.25) is 0 Å². The molecule has 0 amide bonds. The molecule has 0 saturated heterocycles. The minimum atomic E-state index is 0. The standard InChI is InChI=1S/C9H10ClO.C5H5.Fe/c10-7-3-6-9(11)8-4-1-2-5-8;1-2-4-5-3-1;/h1-2,4-5H,3,6-7H2;1-5H;/q-1;-5;. The minimum Gasteiger partial charge on any atom is -0.748 e. The predicted octanol–water partition coefficient (Wildman–Crippen LogP) is 4.01. The van der Waals surface area contributed by atoms with Crippen LogP contribution in [0.2, 0.25) is 0 Å². The van der Waals surface area contributed by atoms with Gasteiger partial charge in [0.25, 0.3) is 0 Å². The minimum absolute atomic E-state index is 0. The van der Waals surface area contributed by atoms with E-state index in [0.717, 1.165) is 12.0 Å². The van der Waals surface area contributed by atoms with Gasteiger partial charge in [0.15, 0.2) is 0 Å². The third kappa shape index (κ3) is 7.17. The summed E-state index contributed by atoms with van der Waals surface area (Å²) in [5.74, 6) is 0.752. The molecule has 0 aliphatic rings. The Morgan fingerprint density at radius 1 is 1.06 bits per heavy atom. The van der Waals surface area contributed by atoms with E-state index in [1.54, 1.807) is 0 Å². The first-order chi connectivity index (χ1) is 7.84. The Hall–Kier alpha value is -0.821. The van der Waals surface area contributed by atoms with Crippen molar-refractivity contribution in [1.29, 1.82) is 0 Å². The van der Waals surface area contributed by atoms with Crippen molar-refractivity contribution in [3.8, 4) is 0 Å². The molecule has 0 spiro atoms. The zero-order chi connectivity index (χ0) is 11.6. The maximum atomic E-state index is 11.2. The molecule has 17 heavy (non-hydrogen) atoms. The van der Waals surface area contributed by atoms with E-state index in [1.807, 2.05) is 54.6 Å². The van der Waals surface area contributed by atoms with E-state index in [0.29, 0.717) is 12.3 Å². The summed E-state index contributed by atoms with van der Waals surface area (Å²) in [4.78, 5) is 11.2. The van der Waals surface area contributed by atoms with Crippen molar-refractivity contribution in [1.82, 2.24) is 0 Å². The summed E-state index contributed by atoms with van der Waals surface area (Å²) in [6.07, 6.45) is 1.33. The summed E-state index contributed by atoms with van der Waals surface area (Å²) < 4.78 is 0. The zero-order valence-corrected chi connectivity index (χ0v) is 11.3. The van der Waals surface area contributed by atoms with Gasteiger partial charge in [0, 0.05) is 22.9 Å². The second kappa shape index (κ2) is 10.3. The van der Waals surface area contributed by atoms with Crippen molar-refractivity contribution >= 4 is 17.4 Å². The van der Waals surface area contributed by atoms with Crippen LogP contribution in [-0.4, -0.2) is 11.7 Å². The monoisotopic (exact) mass is 290 g/mol. The Labute approximate surface area is 118 Å². The van der Waals surface area contributed by atoms with Crippen molar-refractivity contribution in [2.24, 2.45) is 0 Å². The number of hydrogen-bond acceptors (Lipinski definition) is 1. The first kappa shape index (κ1) is 16.2. The fourth-order valence-electron chi connectivity index (χ4n) is 1.25. The summed E-state index contributed by atoms with van der Waals surface area (Å²) >= 11 is 5.45. The molecule has 0 atom stereocenters. The van der Waals surface area contributed by atoms with Crippen molar-refractivity contribution in [3.63, 3.8) is 0 Å². The number of halogens is 1. The van der Waals surface area contributed by atoms with Gasteiger partial charge in [-0.15, -0.1) is 11.6 Å². The number of carbonyl (C=O) groups is 1. The van der Waals surface area contributed by atoms with Crippen LogP contribution in [0.3, 0.4) is 0 Å². The van der Waals surface area contributed by atoms with Crippen molar-refractivity contribution in [3.05, 3.63) is 60.2 Å². The first-order valence-corrected chi connectivity index (χ1v) is 5.85. The molecule has 0 saturated carbocycles. The topological polar surface area (TPSA) is 17.1 Å². The average Bonchev–Trinajstić information content (AvgIpc) is 2.98. The average molecular weight is 291 g/mol. The molecule has 3 heteroatoms. The van der Waals surface area contributed by atoms with Crippen LogP contribution in [-0.2, 0) is 17.1 Å². The van der Waals surface area contributed by atoms with Gasteiger partial charge in [-0.25, -0.2) is 12.1 Å². The second-order valence-electron chi connectivity index (χ2n) is 3.35. The van der Waals surface area contributed by atoms with Crippen LogP contribution in [0, 0.1) is 0 Å². The number of hydrogen-bond donors (Lipinski definition) is 0. The van der Waals surface area contributed by atoms with Gasteiger partial charge in [-0.2, -0.15) is 12.1 Å². The van der Waals surface area contributed by atoms with Gasteiger partial charge in [0.1, 0.15) is 5.78 Å². The quantitative estimate of drug-likeness (QED) is 0.360. The number of Topliss-reactive ketones (excluding diaryl/α,β-unsaturated/α-hetero) is 1. The van der Waals surface area contributed by atoms with Crippen LogP contribution in [0.15, 0.2) is 54.6 Å². The van der Waals surface area contributed by atoms with Gasteiger partial charge in [0.05, 0.1) is 0 Å². The van der Waals surface area contributed by atoms with Crippen LogP contribution in [0.4, 0.5) is 0 Å². The van der Waals surface area contributed by atoms with Crippen LogP contribution >= 0.6 is 11.6 Å². The first-order valence-electron chi connectivity index (χ1n) is 5.32. The van der Waals surface area contributed by atoms with E-state index in [9.17, 15) is 4.79 Å². The fourth-order valence-corrected chi connectivity index (χ4v) is 1.39. The zero-order valence-electron chi connectivity index (χ0n) is 9.46. The smallest absolute Gasteiger partial charge is 0.108 e. The van der Waals surface area contributed by atoms with Crippen LogP contribution < -0.4 is 0 Å². The SMILES string of the molecule is O=C(CCCCl)[c-]1cccc1.[Fe].[cH-]1[cH-][cH-][cH-][cH-]1. The Morgan fingerprint density at radius 2 is 1.53 bits per heavy atom. The van der Waals surface area contributed by atoms with Gasteiger partial charge in [-0.1, -0.05) is 5.56 Å². The third-order valence-corrected chi connectivity index (χ3v) is 2.34. The molecule has 0 unspecified atom stereocenters. The molecule has 0 N–H and O–H groups in total. The molecule has 1 nitrogen and oxygen atoms in total. The van der Waals surface area contributed by atoms with E-state index in [2.05, 4.69) is 0 Å². The molecule has 98 valence electrons. The summed E-state index contributed by atoms with van der Waals surface area (Å²) in [5.41, 5.74) is 0.801. The van der Waals surface area contributed by atoms with E-state index >= 15 is 0 Å². The van der Waals surface area contributed by atoms with Gasteiger partial charge in [-0.3, -0.25) is 0 Å². The molecule has 2 aromatic rings. The fraction of sp³-hybridized carbons (Fsp3) is 0.214. The number of rotatable bonds is 4. The van der Waals surface area contributed by atoms with E-state index < -0.39 is 0 Å². The van der Waals surface area contributed by atoms with E-state index in [-0.39, 0.29) is 22.9 Å². The second-order valence-corrected chi connectivity index (χ2v) is 3.73. The Kier molecular flexibility index (Phi) is 9.84. The molecule has 2 rings (SSSR count). The number of alkyl halides is 1. The number of ketones is 1. The predicted molar refractivity (Wildman–Crippen MR) is 68.4 cm³/mol. The summed E-state index contributed by atoms with van der Waals surface area (Å²) in [6.45, 7) is 0. The van der Waals surface area contributed by atoms with Crippen molar-refractivity contribution < 1.29 is 21.9 Å². The molecule has 0 aromatic heterocycles. The Bertz CT molecular complexity index is 348. The maximum Gasteiger partial charge on any atom is 0.108 e. The van der Waals surface area contributed by atoms with Crippen LogP contribution in [0.25, 0.3) is 0 Å². The summed E-state index contributed by atoms with van der Waals surface area (Å²) in [5, 5.41) is 0. The van der Waals surface area contributed by atoms with Crippen molar-refractivity contribution in [2.45, 2.75) is 12.8 Å². The van der Waals surface area contributed by atoms with Gasteiger partial charge in [-0.05, 0) is 12.8 Å². The van der Waals surface area contributed by atoms with Crippen LogP contribution in [0.5, 0.6) is 0 Å². The molecule has 0 aliphatic carbocycles. The van der Waals surface area contributed by atoms with Crippen LogP contribution in [0.1, 0.15) is 23.2 Å². The van der Waals surface area contributed by atoms with Crippen molar-refractivity contribution in [2.75, 3.05) is 5.88 Å². The summed E-state index contributed by atoms with van der Waals surface area (Å²) in [6, 6.07) is 17.4. The molecule has 2 aromatic carbocycles. The number of carbonyl (C=O) groups excluding carboxylic acids is 1. The van der Waals surface area contributed by atoms with Gasteiger partial charge >= 0.3 is 0 Å². The Morgan fingerprint density at radius 3 is 1.94 bits per heavy atom. The van der Waals surface area contributed by atoms with E-state index in [4.69, 9.17) is 11.6 Å². The van der Waals surface area contributed by atoms with Gasteiger partial charge < -0.3 is 35.1 Å². The molecule has 0 fully saturated rings. The largest absolute Gasteiger partial charge is 0.748 e. The molecule has 0 bridgehead atoms. The summed E-state index contributed by atoms with van der Waals surface area (Å²) in [7, 11) is 0. The molecule has 0 heterocycles.